The SMILES string of the molecule is COc1ccc([C@@H]2[C@H]3CCc4ccccc4C3=NN2C(C)=O)cc1. The third-order valence-electron chi connectivity index (χ3n) is 5.01. The van der Waals surface area contributed by atoms with Crippen molar-refractivity contribution in [2.24, 2.45) is 11.0 Å². The smallest absolute Gasteiger partial charge is 0.240 e. The minimum atomic E-state index is -0.0308. The summed E-state index contributed by atoms with van der Waals surface area (Å²) in [5, 5.41) is 6.38. The number of carbonyl (C=O) groups excluding carboxylic acids is 1. The molecule has 0 saturated carbocycles. The van der Waals surface area contributed by atoms with E-state index in [1.165, 1.54) is 11.1 Å². The molecule has 2 aromatic carbocycles. The molecule has 1 aliphatic carbocycles. The number of hydrogen-bond acceptors (Lipinski definition) is 3. The zero-order valence-electron chi connectivity index (χ0n) is 13.9. The predicted molar refractivity (Wildman–Crippen MR) is 93.0 cm³/mol. The van der Waals surface area contributed by atoms with Crippen LogP contribution < -0.4 is 4.74 Å². The number of benzene rings is 2. The average Bonchev–Trinajstić information content (AvgIpc) is 3.02. The Balaban J connectivity index is 1.77. The van der Waals surface area contributed by atoms with Crippen molar-refractivity contribution >= 4 is 11.6 Å². The Hall–Kier alpha value is -2.62. The Morgan fingerprint density at radius 2 is 1.92 bits per heavy atom. The Morgan fingerprint density at radius 1 is 1.17 bits per heavy atom. The van der Waals surface area contributed by atoms with Crippen molar-refractivity contribution in [3.63, 3.8) is 0 Å². The molecule has 122 valence electrons. The van der Waals surface area contributed by atoms with Gasteiger partial charge in [-0.2, -0.15) is 5.10 Å². The second-order valence-corrected chi connectivity index (χ2v) is 6.37. The van der Waals surface area contributed by atoms with Crippen LogP contribution in [0.25, 0.3) is 0 Å². The van der Waals surface area contributed by atoms with E-state index in [1.807, 2.05) is 30.3 Å². The van der Waals surface area contributed by atoms with Crippen molar-refractivity contribution in [3.8, 4) is 5.75 Å². The van der Waals surface area contributed by atoms with Gasteiger partial charge in [-0.3, -0.25) is 4.79 Å². The van der Waals surface area contributed by atoms with Gasteiger partial charge in [-0.1, -0.05) is 36.4 Å². The van der Waals surface area contributed by atoms with E-state index in [1.54, 1.807) is 19.0 Å². The number of aryl methyl sites for hydroxylation is 1. The van der Waals surface area contributed by atoms with Crippen molar-refractivity contribution in [3.05, 3.63) is 65.2 Å². The lowest BCUT2D eigenvalue weighted by Gasteiger charge is -2.29. The van der Waals surface area contributed by atoms with Crippen LogP contribution in [0.2, 0.25) is 0 Å². The summed E-state index contributed by atoms with van der Waals surface area (Å²) in [6, 6.07) is 16.3. The molecule has 0 spiro atoms. The predicted octanol–water partition coefficient (Wildman–Crippen LogP) is 3.57. The molecule has 4 rings (SSSR count). The first-order chi connectivity index (χ1) is 11.7. The van der Waals surface area contributed by atoms with E-state index in [0.29, 0.717) is 0 Å². The molecule has 24 heavy (non-hydrogen) atoms. The fraction of sp³-hybridized carbons (Fsp3) is 0.300. The van der Waals surface area contributed by atoms with Gasteiger partial charge in [0.2, 0.25) is 5.91 Å². The van der Waals surface area contributed by atoms with Gasteiger partial charge in [-0.25, -0.2) is 5.01 Å². The third kappa shape index (κ3) is 2.30. The molecule has 0 aromatic heterocycles. The molecule has 1 aliphatic heterocycles. The van der Waals surface area contributed by atoms with E-state index >= 15 is 0 Å². The van der Waals surface area contributed by atoms with Crippen molar-refractivity contribution in [2.75, 3.05) is 7.11 Å². The van der Waals surface area contributed by atoms with Crippen molar-refractivity contribution in [1.82, 2.24) is 5.01 Å². The second-order valence-electron chi connectivity index (χ2n) is 6.37. The number of hydrazone groups is 1. The highest BCUT2D eigenvalue weighted by Crippen LogP contribution is 2.43. The lowest BCUT2D eigenvalue weighted by Crippen LogP contribution is -2.30. The number of amides is 1. The maximum absolute atomic E-state index is 12.2. The highest BCUT2D eigenvalue weighted by Gasteiger charge is 2.42. The van der Waals surface area contributed by atoms with E-state index in [2.05, 4.69) is 18.2 Å². The molecular formula is C20H20N2O2. The molecule has 2 aliphatic rings. The summed E-state index contributed by atoms with van der Waals surface area (Å²) in [6.45, 7) is 1.59. The first-order valence-corrected chi connectivity index (χ1v) is 8.29. The van der Waals surface area contributed by atoms with Crippen LogP contribution in [-0.2, 0) is 11.2 Å². The van der Waals surface area contributed by atoms with Crippen molar-refractivity contribution in [1.29, 1.82) is 0 Å². The summed E-state index contributed by atoms with van der Waals surface area (Å²) in [7, 11) is 1.66. The second kappa shape index (κ2) is 5.78. The van der Waals surface area contributed by atoms with Crippen LogP contribution in [-0.4, -0.2) is 23.7 Å². The number of carbonyl (C=O) groups is 1. The van der Waals surface area contributed by atoms with E-state index in [4.69, 9.17) is 9.84 Å². The number of nitrogens with zero attached hydrogens (tertiary/aromatic N) is 2. The summed E-state index contributed by atoms with van der Waals surface area (Å²) < 4.78 is 5.25. The van der Waals surface area contributed by atoms with E-state index in [0.717, 1.165) is 29.9 Å². The molecule has 4 nitrogen and oxygen atoms in total. The molecular weight excluding hydrogens is 300 g/mol. The highest BCUT2D eigenvalue weighted by molar-refractivity contribution is 6.06. The maximum atomic E-state index is 12.2. The summed E-state index contributed by atoms with van der Waals surface area (Å²) in [6.07, 6.45) is 2.04. The molecule has 0 bridgehead atoms. The molecule has 2 aromatic rings. The first kappa shape index (κ1) is 14.9. The minimum Gasteiger partial charge on any atom is -0.497 e. The van der Waals surface area contributed by atoms with Crippen LogP contribution in [0, 0.1) is 5.92 Å². The normalized spacial score (nSPS) is 21.8. The van der Waals surface area contributed by atoms with Gasteiger partial charge in [0.05, 0.1) is 18.9 Å². The number of rotatable bonds is 2. The van der Waals surface area contributed by atoms with Gasteiger partial charge in [-0.15, -0.1) is 0 Å². The van der Waals surface area contributed by atoms with E-state index < -0.39 is 0 Å². The summed E-state index contributed by atoms with van der Waals surface area (Å²) >= 11 is 0. The molecule has 1 amide bonds. The number of ether oxygens (including phenoxy) is 1. The van der Waals surface area contributed by atoms with Gasteiger partial charge in [-0.05, 0) is 36.1 Å². The fourth-order valence-corrected chi connectivity index (χ4v) is 3.86. The number of hydrogen-bond donors (Lipinski definition) is 0. The Morgan fingerprint density at radius 3 is 2.62 bits per heavy atom. The van der Waals surface area contributed by atoms with Crippen LogP contribution in [0.5, 0.6) is 5.75 Å². The molecule has 4 heteroatoms. The van der Waals surface area contributed by atoms with Gasteiger partial charge in [0.1, 0.15) is 5.75 Å². The van der Waals surface area contributed by atoms with Gasteiger partial charge in [0, 0.05) is 18.4 Å². The zero-order valence-corrected chi connectivity index (χ0v) is 13.9. The van der Waals surface area contributed by atoms with Gasteiger partial charge < -0.3 is 4.74 Å². The lowest BCUT2D eigenvalue weighted by molar-refractivity contribution is -0.131. The largest absolute Gasteiger partial charge is 0.497 e. The Bertz CT molecular complexity index is 811. The highest BCUT2D eigenvalue weighted by atomic mass is 16.5. The van der Waals surface area contributed by atoms with Gasteiger partial charge >= 0.3 is 0 Å². The van der Waals surface area contributed by atoms with Crippen LogP contribution in [0.1, 0.15) is 36.1 Å². The monoisotopic (exact) mass is 320 g/mol. The molecule has 0 saturated heterocycles. The van der Waals surface area contributed by atoms with E-state index in [-0.39, 0.29) is 17.9 Å². The average molecular weight is 320 g/mol. The maximum Gasteiger partial charge on any atom is 0.240 e. The number of methoxy groups -OCH3 is 1. The van der Waals surface area contributed by atoms with Crippen LogP contribution in [0.4, 0.5) is 0 Å². The molecule has 0 radical (unpaired) electrons. The summed E-state index contributed by atoms with van der Waals surface area (Å²) in [5.41, 5.74) is 4.67. The molecule has 2 atom stereocenters. The standard InChI is InChI=1S/C20H20N2O2/c1-13(23)22-20(15-7-10-16(24-2)11-8-15)18-12-9-14-5-3-4-6-17(14)19(18)21-22/h3-8,10-11,18,20H,9,12H2,1-2H3/t18-,20+/m0/s1. The lowest BCUT2D eigenvalue weighted by atomic mass is 9.77. The molecule has 0 N–H and O–H groups in total. The summed E-state index contributed by atoms with van der Waals surface area (Å²) in [5.74, 6) is 1.05. The molecule has 0 unspecified atom stereocenters. The topological polar surface area (TPSA) is 41.9 Å². The van der Waals surface area contributed by atoms with Crippen molar-refractivity contribution < 1.29 is 9.53 Å². The number of fused-ring (bicyclic) bond motifs is 3. The van der Waals surface area contributed by atoms with Crippen molar-refractivity contribution in [2.45, 2.75) is 25.8 Å². The van der Waals surface area contributed by atoms with Crippen LogP contribution >= 0.6 is 0 Å². The van der Waals surface area contributed by atoms with Crippen LogP contribution in [0.15, 0.2) is 53.6 Å². The zero-order chi connectivity index (χ0) is 16.7. The molecule has 1 heterocycles. The first-order valence-electron chi connectivity index (χ1n) is 8.29. The van der Waals surface area contributed by atoms with Gasteiger partial charge in [0.25, 0.3) is 0 Å². The summed E-state index contributed by atoms with van der Waals surface area (Å²) in [4.78, 5) is 12.2. The third-order valence-corrected chi connectivity index (χ3v) is 5.01. The Labute approximate surface area is 141 Å². The van der Waals surface area contributed by atoms with E-state index in [9.17, 15) is 4.79 Å². The fourth-order valence-electron chi connectivity index (χ4n) is 3.86. The quantitative estimate of drug-likeness (QED) is 0.849. The molecule has 0 fully saturated rings. The van der Waals surface area contributed by atoms with Crippen LogP contribution in [0.3, 0.4) is 0 Å². The Kier molecular flexibility index (Phi) is 3.60. The van der Waals surface area contributed by atoms with Gasteiger partial charge in [0.15, 0.2) is 0 Å². The minimum absolute atomic E-state index is 0.0183.